The van der Waals surface area contributed by atoms with Gasteiger partial charge in [-0.25, -0.2) is 9.97 Å². The van der Waals surface area contributed by atoms with Crippen molar-refractivity contribution in [2.45, 2.75) is 11.6 Å². The molecule has 0 bridgehead atoms. The van der Waals surface area contributed by atoms with Crippen molar-refractivity contribution < 1.29 is 0 Å². The minimum atomic E-state index is 0.822. The van der Waals surface area contributed by atoms with Gasteiger partial charge in [-0.15, -0.1) is 23.1 Å². The number of anilines is 1. The first-order valence-corrected chi connectivity index (χ1v) is 6.61. The molecular weight excluding hydrogens is 226 g/mol. The molecule has 2 rings (SSSR count). The summed E-state index contributed by atoms with van der Waals surface area (Å²) in [6.45, 7) is 0.822. The highest BCUT2D eigenvalue weighted by molar-refractivity contribution is 7.98. The maximum atomic E-state index is 4.16. The number of hydrogen-bond acceptors (Lipinski definition) is 5. The predicted molar refractivity (Wildman–Crippen MR) is 65.5 cm³/mol. The minimum absolute atomic E-state index is 0.822. The van der Waals surface area contributed by atoms with Gasteiger partial charge in [0.05, 0.1) is 6.54 Å². The van der Waals surface area contributed by atoms with Crippen LogP contribution >= 0.6 is 23.1 Å². The van der Waals surface area contributed by atoms with Crippen molar-refractivity contribution in [1.29, 1.82) is 0 Å². The average molecular weight is 237 g/mol. The third kappa shape index (κ3) is 2.94. The molecule has 2 aromatic heterocycles. The summed E-state index contributed by atoms with van der Waals surface area (Å²) >= 11 is 3.36. The van der Waals surface area contributed by atoms with Crippen molar-refractivity contribution in [1.82, 2.24) is 9.97 Å². The van der Waals surface area contributed by atoms with Crippen molar-refractivity contribution in [2.75, 3.05) is 11.6 Å². The molecule has 0 aromatic carbocycles. The van der Waals surface area contributed by atoms with Crippen molar-refractivity contribution >= 4 is 28.9 Å². The van der Waals surface area contributed by atoms with E-state index in [2.05, 4.69) is 32.8 Å². The van der Waals surface area contributed by atoms with Gasteiger partial charge in [-0.2, -0.15) is 0 Å². The van der Waals surface area contributed by atoms with E-state index in [4.69, 9.17) is 0 Å². The zero-order valence-corrected chi connectivity index (χ0v) is 9.94. The summed E-state index contributed by atoms with van der Waals surface area (Å²) in [6.07, 6.45) is 3.59. The van der Waals surface area contributed by atoms with Gasteiger partial charge in [-0.3, -0.25) is 0 Å². The Morgan fingerprint density at radius 3 is 3.13 bits per heavy atom. The number of thioether (sulfide) groups is 1. The van der Waals surface area contributed by atoms with E-state index in [0.717, 1.165) is 17.4 Å². The highest BCUT2D eigenvalue weighted by atomic mass is 32.2. The smallest absolute Gasteiger partial charge is 0.130 e. The van der Waals surface area contributed by atoms with Crippen LogP contribution in [0.25, 0.3) is 0 Å². The van der Waals surface area contributed by atoms with Crippen molar-refractivity contribution in [3.8, 4) is 0 Å². The van der Waals surface area contributed by atoms with Crippen molar-refractivity contribution in [2.24, 2.45) is 0 Å². The van der Waals surface area contributed by atoms with Crippen LogP contribution in [-0.2, 0) is 6.54 Å². The van der Waals surface area contributed by atoms with Crippen LogP contribution in [0.1, 0.15) is 4.88 Å². The van der Waals surface area contributed by atoms with E-state index in [1.807, 2.05) is 12.3 Å². The molecule has 2 heterocycles. The molecule has 0 unspecified atom stereocenters. The van der Waals surface area contributed by atoms with Crippen LogP contribution in [0, 0.1) is 0 Å². The molecule has 0 aliphatic heterocycles. The lowest BCUT2D eigenvalue weighted by atomic mass is 10.4. The topological polar surface area (TPSA) is 37.8 Å². The van der Waals surface area contributed by atoms with E-state index in [-0.39, 0.29) is 0 Å². The van der Waals surface area contributed by atoms with Gasteiger partial charge in [0.2, 0.25) is 0 Å². The molecule has 2 aromatic rings. The molecule has 0 saturated carbocycles. The van der Waals surface area contributed by atoms with Gasteiger partial charge in [0, 0.05) is 10.9 Å². The van der Waals surface area contributed by atoms with Crippen molar-refractivity contribution in [3.05, 3.63) is 34.8 Å². The van der Waals surface area contributed by atoms with Crippen LogP contribution in [0.5, 0.6) is 0 Å². The molecule has 0 saturated heterocycles. The number of hydrogen-bond donors (Lipinski definition) is 1. The lowest BCUT2D eigenvalue weighted by Crippen LogP contribution is -2.00. The third-order valence-electron chi connectivity index (χ3n) is 1.87. The number of nitrogens with one attached hydrogen (secondary N) is 1. The Morgan fingerprint density at radius 1 is 1.47 bits per heavy atom. The van der Waals surface area contributed by atoms with Gasteiger partial charge in [0.15, 0.2) is 0 Å². The molecule has 0 fully saturated rings. The second kappa shape index (κ2) is 5.14. The Morgan fingerprint density at radius 2 is 2.40 bits per heavy atom. The molecule has 0 amide bonds. The summed E-state index contributed by atoms with van der Waals surface area (Å²) in [7, 11) is 0. The Hall–Kier alpha value is -1.07. The fourth-order valence-electron chi connectivity index (χ4n) is 1.14. The molecular formula is C10H11N3S2. The zero-order chi connectivity index (χ0) is 10.5. The van der Waals surface area contributed by atoms with Gasteiger partial charge in [-0.1, -0.05) is 6.07 Å². The van der Waals surface area contributed by atoms with E-state index >= 15 is 0 Å². The third-order valence-corrected chi connectivity index (χ3v) is 3.39. The largest absolute Gasteiger partial charge is 0.365 e. The summed E-state index contributed by atoms with van der Waals surface area (Å²) in [5.41, 5.74) is 0. The van der Waals surface area contributed by atoms with Gasteiger partial charge in [0.1, 0.15) is 17.2 Å². The summed E-state index contributed by atoms with van der Waals surface area (Å²) in [6, 6.07) is 6.11. The highest BCUT2D eigenvalue weighted by Crippen LogP contribution is 2.15. The number of nitrogens with zero attached hydrogens (tertiary/aromatic N) is 2. The summed E-state index contributed by atoms with van der Waals surface area (Å²) < 4.78 is 0. The van der Waals surface area contributed by atoms with E-state index in [9.17, 15) is 0 Å². The molecule has 78 valence electrons. The van der Waals surface area contributed by atoms with Gasteiger partial charge in [0.25, 0.3) is 0 Å². The van der Waals surface area contributed by atoms with E-state index < -0.39 is 0 Å². The van der Waals surface area contributed by atoms with Crippen LogP contribution in [-0.4, -0.2) is 16.2 Å². The van der Waals surface area contributed by atoms with Crippen LogP contribution in [0.3, 0.4) is 0 Å². The van der Waals surface area contributed by atoms with Crippen LogP contribution in [0.4, 0.5) is 5.82 Å². The SMILES string of the molecule is CSc1cc(NCc2cccs2)ncn1. The molecule has 15 heavy (non-hydrogen) atoms. The quantitative estimate of drug-likeness (QED) is 0.655. The normalized spacial score (nSPS) is 10.2. The summed E-state index contributed by atoms with van der Waals surface area (Å²) in [5.74, 6) is 0.878. The van der Waals surface area contributed by atoms with Crippen LogP contribution in [0.15, 0.2) is 34.9 Å². The first kappa shape index (κ1) is 10.4. The van der Waals surface area contributed by atoms with E-state index in [1.165, 1.54) is 4.88 Å². The molecule has 0 atom stereocenters. The fraction of sp³-hybridized carbons (Fsp3) is 0.200. The lowest BCUT2D eigenvalue weighted by molar-refractivity contribution is 1.03. The minimum Gasteiger partial charge on any atom is -0.365 e. The van der Waals surface area contributed by atoms with Crippen LogP contribution in [0.2, 0.25) is 0 Å². The van der Waals surface area contributed by atoms with Gasteiger partial charge >= 0.3 is 0 Å². The van der Waals surface area contributed by atoms with E-state index in [1.54, 1.807) is 29.4 Å². The Balaban J connectivity index is 1.98. The first-order chi connectivity index (χ1) is 7.38. The number of thiophene rings is 1. The molecule has 3 nitrogen and oxygen atoms in total. The maximum Gasteiger partial charge on any atom is 0.130 e. The molecule has 0 aliphatic carbocycles. The molecule has 0 spiro atoms. The van der Waals surface area contributed by atoms with Crippen molar-refractivity contribution in [3.63, 3.8) is 0 Å². The average Bonchev–Trinajstić information content (AvgIpc) is 2.79. The standard InChI is InChI=1S/C10H11N3S2/c1-14-10-5-9(12-7-13-10)11-6-8-3-2-4-15-8/h2-5,7H,6H2,1H3,(H,11,12,13). The molecule has 5 heteroatoms. The maximum absolute atomic E-state index is 4.16. The highest BCUT2D eigenvalue weighted by Gasteiger charge is 1.98. The van der Waals surface area contributed by atoms with Gasteiger partial charge < -0.3 is 5.32 Å². The zero-order valence-electron chi connectivity index (χ0n) is 8.30. The summed E-state index contributed by atoms with van der Waals surface area (Å²) in [4.78, 5) is 9.58. The second-order valence-electron chi connectivity index (χ2n) is 2.88. The number of aromatic nitrogens is 2. The van der Waals surface area contributed by atoms with Gasteiger partial charge in [-0.05, 0) is 17.7 Å². The molecule has 0 aliphatic rings. The monoisotopic (exact) mass is 237 g/mol. The Labute approximate surface area is 97.0 Å². The van der Waals surface area contributed by atoms with Crippen LogP contribution < -0.4 is 5.32 Å². The molecule has 1 N–H and O–H groups in total. The lowest BCUT2D eigenvalue weighted by Gasteiger charge is -2.03. The first-order valence-electron chi connectivity index (χ1n) is 4.51. The van der Waals surface area contributed by atoms with E-state index in [0.29, 0.717) is 0 Å². The fourth-order valence-corrected chi connectivity index (χ4v) is 2.17. The predicted octanol–water partition coefficient (Wildman–Crippen LogP) is 2.87. The Bertz CT molecular complexity index is 414. The Kier molecular flexibility index (Phi) is 3.58. The second-order valence-corrected chi connectivity index (χ2v) is 4.74. The molecule has 0 radical (unpaired) electrons. The summed E-state index contributed by atoms with van der Waals surface area (Å²) in [5, 5.41) is 6.33. The number of rotatable bonds is 4.